The van der Waals surface area contributed by atoms with Crippen LogP contribution in [0.5, 0.6) is 0 Å². The highest BCUT2D eigenvalue weighted by atomic mass is 16.5. The molecule has 1 heterocycles. The van der Waals surface area contributed by atoms with Crippen molar-refractivity contribution in [1.82, 2.24) is 10.6 Å². The van der Waals surface area contributed by atoms with E-state index in [0.717, 1.165) is 18.5 Å². The van der Waals surface area contributed by atoms with E-state index < -0.39 is 0 Å². The monoisotopic (exact) mass is 316 g/mol. The number of ether oxygens (including phenoxy) is 1. The van der Waals surface area contributed by atoms with Crippen molar-refractivity contribution < 1.29 is 14.3 Å². The van der Waals surface area contributed by atoms with E-state index in [-0.39, 0.29) is 24.0 Å². The van der Waals surface area contributed by atoms with Crippen LogP contribution in [0.1, 0.15) is 54.6 Å². The summed E-state index contributed by atoms with van der Waals surface area (Å²) in [7, 11) is 1.36. The second-order valence-corrected chi connectivity index (χ2v) is 6.80. The number of rotatable bonds is 4. The number of methoxy groups -OCH3 is 1. The van der Waals surface area contributed by atoms with Crippen LogP contribution in [-0.2, 0) is 9.53 Å². The number of carbonyl (C=O) groups is 2. The predicted octanol–water partition coefficient (Wildman–Crippen LogP) is 2.18. The maximum atomic E-state index is 12.5. The first-order chi connectivity index (χ1) is 11.0. The molecule has 2 N–H and O–H groups in total. The van der Waals surface area contributed by atoms with Crippen LogP contribution in [0.15, 0.2) is 24.3 Å². The number of amides is 1. The quantitative estimate of drug-likeness (QED) is 0.836. The van der Waals surface area contributed by atoms with Gasteiger partial charge < -0.3 is 15.4 Å². The van der Waals surface area contributed by atoms with E-state index in [2.05, 4.69) is 15.4 Å². The lowest BCUT2D eigenvalue weighted by Crippen LogP contribution is -2.49. The number of carbonyl (C=O) groups excluding carboxylic acids is 2. The molecule has 2 fully saturated rings. The van der Waals surface area contributed by atoms with E-state index in [1.807, 2.05) is 19.1 Å². The number of hydrogen-bond acceptors (Lipinski definition) is 4. The molecule has 124 valence electrons. The second kappa shape index (κ2) is 6.32. The summed E-state index contributed by atoms with van der Waals surface area (Å²) in [6.45, 7) is 2.89. The molecular formula is C18H24N2O3. The molecule has 1 amide bonds. The van der Waals surface area contributed by atoms with Gasteiger partial charge in [0.25, 0.3) is 0 Å². The smallest absolute Gasteiger partial charge is 0.337 e. The molecule has 23 heavy (non-hydrogen) atoms. The Bertz CT molecular complexity index is 593. The summed E-state index contributed by atoms with van der Waals surface area (Å²) >= 11 is 0. The summed E-state index contributed by atoms with van der Waals surface area (Å²) in [5, 5.41) is 6.41. The minimum atomic E-state index is -0.352. The number of esters is 1. The van der Waals surface area contributed by atoms with Gasteiger partial charge in [0.05, 0.1) is 24.8 Å². The van der Waals surface area contributed by atoms with Crippen LogP contribution >= 0.6 is 0 Å². The average Bonchev–Trinajstić information content (AvgIpc) is 3.32. The normalized spacial score (nSPS) is 23.1. The zero-order valence-electron chi connectivity index (χ0n) is 13.7. The Balaban J connectivity index is 1.58. The van der Waals surface area contributed by atoms with Crippen molar-refractivity contribution in [3.63, 3.8) is 0 Å². The van der Waals surface area contributed by atoms with Crippen molar-refractivity contribution in [3.05, 3.63) is 35.4 Å². The molecule has 1 saturated heterocycles. The van der Waals surface area contributed by atoms with Crippen molar-refractivity contribution in [2.75, 3.05) is 13.7 Å². The van der Waals surface area contributed by atoms with E-state index in [0.29, 0.717) is 11.0 Å². The molecule has 1 aliphatic carbocycles. The van der Waals surface area contributed by atoms with Crippen LogP contribution in [0.4, 0.5) is 0 Å². The van der Waals surface area contributed by atoms with E-state index in [1.54, 1.807) is 12.1 Å². The summed E-state index contributed by atoms with van der Waals surface area (Å²) in [5.41, 5.74) is 1.93. The fourth-order valence-electron chi connectivity index (χ4n) is 3.36. The third kappa shape index (κ3) is 3.55. The van der Waals surface area contributed by atoms with Gasteiger partial charge >= 0.3 is 5.97 Å². The number of nitrogens with one attached hydrogen (secondary N) is 2. The van der Waals surface area contributed by atoms with Gasteiger partial charge in [-0.05, 0) is 62.3 Å². The first-order valence-electron chi connectivity index (χ1n) is 8.25. The van der Waals surface area contributed by atoms with Crippen LogP contribution in [-0.4, -0.2) is 31.6 Å². The standard InChI is InChI=1S/C18H24N2O3/c1-12(13-3-5-14(6-4-13)17(22)23-2)20-16(21)15-11-18(7-8-18)9-10-19-15/h3-6,12,15,19H,7-11H2,1-2H3,(H,20,21). The molecule has 1 aromatic carbocycles. The van der Waals surface area contributed by atoms with Gasteiger partial charge in [-0.25, -0.2) is 4.79 Å². The fourth-order valence-corrected chi connectivity index (χ4v) is 3.36. The van der Waals surface area contributed by atoms with Crippen molar-refractivity contribution in [1.29, 1.82) is 0 Å². The second-order valence-electron chi connectivity index (χ2n) is 6.80. The van der Waals surface area contributed by atoms with Crippen LogP contribution in [0, 0.1) is 5.41 Å². The van der Waals surface area contributed by atoms with Crippen LogP contribution in [0.3, 0.4) is 0 Å². The molecule has 5 heteroatoms. The van der Waals surface area contributed by atoms with Crippen LogP contribution < -0.4 is 10.6 Å². The van der Waals surface area contributed by atoms with Gasteiger partial charge in [-0.2, -0.15) is 0 Å². The molecule has 1 aromatic rings. The largest absolute Gasteiger partial charge is 0.465 e. The van der Waals surface area contributed by atoms with Crippen LogP contribution in [0.2, 0.25) is 0 Å². The fraction of sp³-hybridized carbons (Fsp3) is 0.556. The Morgan fingerprint density at radius 3 is 2.57 bits per heavy atom. The maximum absolute atomic E-state index is 12.5. The minimum Gasteiger partial charge on any atom is -0.465 e. The van der Waals surface area contributed by atoms with Gasteiger partial charge in [0.2, 0.25) is 5.91 Å². The predicted molar refractivity (Wildman–Crippen MR) is 87.0 cm³/mol. The first kappa shape index (κ1) is 16.0. The zero-order chi connectivity index (χ0) is 16.4. The molecule has 2 atom stereocenters. The van der Waals surface area contributed by atoms with Crippen molar-refractivity contribution in [2.24, 2.45) is 5.41 Å². The van der Waals surface area contributed by atoms with Gasteiger partial charge in [-0.3, -0.25) is 4.79 Å². The lowest BCUT2D eigenvalue weighted by Gasteiger charge is -2.30. The molecule has 0 aromatic heterocycles. The molecule has 5 nitrogen and oxygen atoms in total. The highest BCUT2D eigenvalue weighted by molar-refractivity contribution is 5.89. The number of hydrogen-bond donors (Lipinski definition) is 2. The van der Waals surface area contributed by atoms with E-state index in [9.17, 15) is 9.59 Å². The van der Waals surface area contributed by atoms with Gasteiger partial charge in [0.1, 0.15) is 0 Å². The van der Waals surface area contributed by atoms with E-state index >= 15 is 0 Å². The van der Waals surface area contributed by atoms with Gasteiger partial charge in [0.15, 0.2) is 0 Å². The van der Waals surface area contributed by atoms with Crippen molar-refractivity contribution in [3.8, 4) is 0 Å². The summed E-state index contributed by atoms with van der Waals surface area (Å²) in [6.07, 6.45) is 4.68. The summed E-state index contributed by atoms with van der Waals surface area (Å²) in [5.74, 6) is -0.283. The number of piperidine rings is 1. The highest BCUT2D eigenvalue weighted by Gasteiger charge is 2.47. The molecule has 2 aliphatic rings. The Morgan fingerprint density at radius 2 is 1.96 bits per heavy atom. The Labute approximate surface area is 136 Å². The van der Waals surface area contributed by atoms with Crippen molar-refractivity contribution >= 4 is 11.9 Å². The topological polar surface area (TPSA) is 67.4 Å². The molecule has 0 radical (unpaired) electrons. The lowest BCUT2D eigenvalue weighted by atomic mass is 9.89. The summed E-state index contributed by atoms with van der Waals surface area (Å²) in [4.78, 5) is 23.9. The molecule has 1 aliphatic heterocycles. The average molecular weight is 316 g/mol. The highest BCUT2D eigenvalue weighted by Crippen LogP contribution is 2.53. The summed E-state index contributed by atoms with van der Waals surface area (Å²) in [6, 6.07) is 6.99. The lowest BCUT2D eigenvalue weighted by molar-refractivity contribution is -0.124. The number of benzene rings is 1. The molecule has 3 rings (SSSR count). The van der Waals surface area contributed by atoms with Gasteiger partial charge in [-0.1, -0.05) is 12.1 Å². The van der Waals surface area contributed by atoms with Crippen molar-refractivity contribution in [2.45, 2.75) is 44.7 Å². The molecule has 1 saturated carbocycles. The minimum absolute atomic E-state index is 0.0699. The molecule has 1 spiro atoms. The Kier molecular flexibility index (Phi) is 4.39. The molecule has 2 unspecified atom stereocenters. The third-order valence-electron chi connectivity index (χ3n) is 5.15. The Hall–Kier alpha value is -1.88. The van der Waals surface area contributed by atoms with Crippen LogP contribution in [0.25, 0.3) is 0 Å². The van der Waals surface area contributed by atoms with E-state index in [4.69, 9.17) is 0 Å². The Morgan fingerprint density at radius 1 is 1.26 bits per heavy atom. The maximum Gasteiger partial charge on any atom is 0.337 e. The first-order valence-corrected chi connectivity index (χ1v) is 8.25. The third-order valence-corrected chi connectivity index (χ3v) is 5.15. The molecular weight excluding hydrogens is 292 g/mol. The van der Waals surface area contributed by atoms with E-state index in [1.165, 1.54) is 26.4 Å². The molecule has 0 bridgehead atoms. The summed E-state index contributed by atoms with van der Waals surface area (Å²) < 4.78 is 4.69. The van der Waals surface area contributed by atoms with Gasteiger partial charge in [-0.15, -0.1) is 0 Å². The zero-order valence-corrected chi connectivity index (χ0v) is 13.7. The van der Waals surface area contributed by atoms with Gasteiger partial charge in [0, 0.05) is 0 Å². The SMILES string of the molecule is COC(=O)c1ccc(C(C)NC(=O)C2CC3(CCN2)CC3)cc1.